The molecule has 0 unspecified atom stereocenters. The maximum atomic E-state index is 5.65. The molecular weight excluding hydrogens is 188 g/mol. The van der Waals surface area contributed by atoms with Gasteiger partial charge in [0.05, 0.1) is 6.20 Å². The molecule has 0 amide bonds. The second-order valence-electron chi connectivity index (χ2n) is 3.49. The van der Waals surface area contributed by atoms with Gasteiger partial charge in [0.1, 0.15) is 0 Å². The highest BCUT2D eigenvalue weighted by atomic mass is 15.1. The number of imidazole rings is 1. The van der Waals surface area contributed by atoms with E-state index >= 15 is 0 Å². The molecule has 78 valence electrons. The Morgan fingerprint density at radius 1 is 1.27 bits per heavy atom. The van der Waals surface area contributed by atoms with E-state index in [-0.39, 0.29) is 0 Å². The molecule has 0 fully saturated rings. The minimum absolute atomic E-state index is 0.561. The highest BCUT2D eigenvalue weighted by Gasteiger charge is 2.03. The zero-order chi connectivity index (χ0) is 10.7. The minimum Gasteiger partial charge on any atom is -0.369 e. The van der Waals surface area contributed by atoms with Gasteiger partial charge in [-0.3, -0.25) is 4.98 Å². The van der Waals surface area contributed by atoms with E-state index in [0.29, 0.717) is 5.95 Å². The number of rotatable bonds is 3. The molecule has 0 aromatic carbocycles. The van der Waals surface area contributed by atoms with Crippen LogP contribution in [0.15, 0.2) is 30.6 Å². The van der Waals surface area contributed by atoms with Crippen LogP contribution < -0.4 is 5.73 Å². The smallest absolute Gasteiger partial charge is 0.200 e. The maximum Gasteiger partial charge on any atom is 0.200 e. The number of anilines is 1. The van der Waals surface area contributed by atoms with Crippen molar-refractivity contribution < 1.29 is 0 Å². The summed E-state index contributed by atoms with van der Waals surface area (Å²) in [5.74, 6) is 0.561. The number of nitrogens with zero attached hydrogens (tertiary/aromatic N) is 3. The molecular formula is C11H14N4. The molecule has 2 aromatic heterocycles. The van der Waals surface area contributed by atoms with Crippen LogP contribution in [-0.2, 0) is 19.9 Å². The Labute approximate surface area is 88.8 Å². The van der Waals surface area contributed by atoms with Gasteiger partial charge in [0, 0.05) is 24.6 Å². The molecule has 0 saturated carbocycles. The summed E-state index contributed by atoms with van der Waals surface area (Å²) in [4.78, 5) is 8.32. The fraction of sp³-hybridized carbons (Fsp3) is 0.273. The predicted octanol–water partition coefficient (Wildman–Crippen LogP) is 1.18. The highest BCUT2D eigenvalue weighted by Crippen LogP contribution is 2.07. The number of nitrogen functional groups attached to an aromatic ring is 1. The Kier molecular flexibility index (Phi) is 2.67. The molecule has 0 radical (unpaired) electrons. The first-order valence-corrected chi connectivity index (χ1v) is 4.93. The van der Waals surface area contributed by atoms with Gasteiger partial charge in [-0.25, -0.2) is 4.98 Å². The molecule has 2 N–H and O–H groups in total. The van der Waals surface area contributed by atoms with E-state index in [2.05, 4.69) is 9.97 Å². The van der Waals surface area contributed by atoms with Crippen LogP contribution in [0.4, 0.5) is 5.95 Å². The fourth-order valence-corrected chi connectivity index (χ4v) is 1.50. The third-order valence-corrected chi connectivity index (χ3v) is 2.48. The monoisotopic (exact) mass is 202 g/mol. The highest BCUT2D eigenvalue weighted by molar-refractivity contribution is 5.22. The zero-order valence-corrected chi connectivity index (χ0v) is 8.72. The lowest BCUT2D eigenvalue weighted by Crippen LogP contribution is -2.03. The van der Waals surface area contributed by atoms with Crippen LogP contribution in [0.3, 0.4) is 0 Å². The van der Waals surface area contributed by atoms with Crippen molar-refractivity contribution in [2.24, 2.45) is 7.05 Å². The van der Waals surface area contributed by atoms with Crippen molar-refractivity contribution in [2.45, 2.75) is 12.8 Å². The van der Waals surface area contributed by atoms with E-state index in [9.17, 15) is 0 Å². The molecule has 2 rings (SSSR count). The molecule has 0 aliphatic carbocycles. The Morgan fingerprint density at radius 2 is 2.13 bits per heavy atom. The number of nitrogens with two attached hydrogens (primary N) is 1. The van der Waals surface area contributed by atoms with Gasteiger partial charge in [0.2, 0.25) is 0 Å². The summed E-state index contributed by atoms with van der Waals surface area (Å²) in [7, 11) is 1.93. The van der Waals surface area contributed by atoms with Gasteiger partial charge in [-0.05, 0) is 25.0 Å². The summed E-state index contributed by atoms with van der Waals surface area (Å²) >= 11 is 0. The summed E-state index contributed by atoms with van der Waals surface area (Å²) < 4.78 is 1.91. The Morgan fingerprint density at radius 3 is 2.73 bits per heavy atom. The van der Waals surface area contributed by atoms with Gasteiger partial charge in [0.15, 0.2) is 5.95 Å². The molecule has 15 heavy (non-hydrogen) atoms. The first kappa shape index (κ1) is 9.71. The second-order valence-corrected chi connectivity index (χ2v) is 3.49. The maximum absolute atomic E-state index is 5.65. The molecule has 0 aliphatic heterocycles. The van der Waals surface area contributed by atoms with Crippen molar-refractivity contribution >= 4 is 5.95 Å². The molecule has 0 spiro atoms. The van der Waals surface area contributed by atoms with E-state index in [0.717, 1.165) is 24.2 Å². The standard InChI is InChI=1S/C11H14N4/c1-15-10(8-14-11(15)12)6-5-9-4-2-3-7-13-9/h2-4,7-8H,5-6H2,1H3,(H2,12,14). The molecule has 4 nitrogen and oxygen atoms in total. The van der Waals surface area contributed by atoms with Crippen molar-refractivity contribution in [3.05, 3.63) is 42.0 Å². The third-order valence-electron chi connectivity index (χ3n) is 2.48. The lowest BCUT2D eigenvalue weighted by Gasteiger charge is -2.02. The normalized spacial score (nSPS) is 10.5. The number of hydrogen-bond donors (Lipinski definition) is 1. The summed E-state index contributed by atoms with van der Waals surface area (Å²) in [6.45, 7) is 0. The number of aromatic nitrogens is 3. The summed E-state index contributed by atoms with van der Waals surface area (Å²) in [5, 5.41) is 0. The predicted molar refractivity (Wildman–Crippen MR) is 59.3 cm³/mol. The molecule has 2 heterocycles. The molecule has 4 heteroatoms. The first-order valence-electron chi connectivity index (χ1n) is 4.93. The first-order chi connectivity index (χ1) is 7.27. The summed E-state index contributed by atoms with van der Waals surface area (Å²) in [6, 6.07) is 5.95. The van der Waals surface area contributed by atoms with Crippen LogP contribution in [0, 0.1) is 0 Å². The molecule has 0 saturated heterocycles. The van der Waals surface area contributed by atoms with E-state index < -0.39 is 0 Å². The number of hydrogen-bond acceptors (Lipinski definition) is 3. The van der Waals surface area contributed by atoms with E-state index in [4.69, 9.17) is 5.73 Å². The average Bonchev–Trinajstić information content (AvgIpc) is 2.59. The van der Waals surface area contributed by atoms with Gasteiger partial charge in [-0.1, -0.05) is 6.07 Å². The number of aryl methyl sites for hydroxylation is 2. The Hall–Kier alpha value is -1.84. The van der Waals surface area contributed by atoms with E-state index in [1.54, 1.807) is 0 Å². The minimum atomic E-state index is 0.561. The fourth-order valence-electron chi connectivity index (χ4n) is 1.50. The van der Waals surface area contributed by atoms with Crippen LogP contribution in [0.5, 0.6) is 0 Å². The van der Waals surface area contributed by atoms with Crippen molar-refractivity contribution in [2.75, 3.05) is 5.73 Å². The lowest BCUT2D eigenvalue weighted by molar-refractivity contribution is 0.796. The van der Waals surface area contributed by atoms with Gasteiger partial charge < -0.3 is 10.3 Å². The van der Waals surface area contributed by atoms with E-state index in [1.165, 1.54) is 0 Å². The zero-order valence-electron chi connectivity index (χ0n) is 8.72. The second kappa shape index (κ2) is 4.13. The topological polar surface area (TPSA) is 56.7 Å². The number of pyridine rings is 1. The van der Waals surface area contributed by atoms with Crippen molar-refractivity contribution in [1.82, 2.24) is 14.5 Å². The average molecular weight is 202 g/mol. The Bertz CT molecular complexity index is 433. The van der Waals surface area contributed by atoms with Crippen LogP contribution in [0.25, 0.3) is 0 Å². The lowest BCUT2D eigenvalue weighted by atomic mass is 10.2. The van der Waals surface area contributed by atoms with Crippen LogP contribution in [0.2, 0.25) is 0 Å². The third kappa shape index (κ3) is 2.15. The largest absolute Gasteiger partial charge is 0.369 e. The van der Waals surface area contributed by atoms with Crippen molar-refractivity contribution in [1.29, 1.82) is 0 Å². The van der Waals surface area contributed by atoms with Gasteiger partial charge in [-0.15, -0.1) is 0 Å². The summed E-state index contributed by atoms with van der Waals surface area (Å²) in [5.41, 5.74) is 7.88. The van der Waals surface area contributed by atoms with Crippen LogP contribution >= 0.6 is 0 Å². The van der Waals surface area contributed by atoms with E-state index in [1.807, 2.05) is 42.2 Å². The molecule has 2 aromatic rings. The summed E-state index contributed by atoms with van der Waals surface area (Å²) in [6.07, 6.45) is 5.46. The van der Waals surface area contributed by atoms with Crippen LogP contribution in [0.1, 0.15) is 11.4 Å². The van der Waals surface area contributed by atoms with Gasteiger partial charge in [0.25, 0.3) is 0 Å². The van der Waals surface area contributed by atoms with Gasteiger partial charge in [-0.2, -0.15) is 0 Å². The SMILES string of the molecule is Cn1c(CCc2ccccn2)cnc1N. The molecule has 0 atom stereocenters. The molecule has 0 bridgehead atoms. The van der Waals surface area contributed by atoms with Crippen molar-refractivity contribution in [3.63, 3.8) is 0 Å². The molecule has 0 aliphatic rings. The van der Waals surface area contributed by atoms with Crippen LogP contribution in [-0.4, -0.2) is 14.5 Å². The van der Waals surface area contributed by atoms with Gasteiger partial charge >= 0.3 is 0 Å². The van der Waals surface area contributed by atoms with Crippen molar-refractivity contribution in [3.8, 4) is 0 Å². The Balaban J connectivity index is 2.02. The quantitative estimate of drug-likeness (QED) is 0.813.